The summed E-state index contributed by atoms with van der Waals surface area (Å²) in [6.07, 6.45) is 2.64. The number of rotatable bonds is 1. The van der Waals surface area contributed by atoms with Crippen molar-refractivity contribution in [2.75, 3.05) is 11.4 Å². The number of anilines is 1. The Morgan fingerprint density at radius 1 is 1.64 bits per heavy atom. The number of fused-ring (bicyclic) bond motifs is 1. The number of carbonyl (C=O) groups excluding carboxylic acids is 1. The normalized spacial score (nSPS) is 15.2. The van der Waals surface area contributed by atoms with Crippen molar-refractivity contribution in [3.63, 3.8) is 0 Å². The van der Waals surface area contributed by atoms with Crippen LogP contribution in [-0.4, -0.2) is 22.7 Å². The van der Waals surface area contributed by atoms with Gasteiger partial charge in [0.15, 0.2) is 0 Å². The Morgan fingerprint density at radius 3 is 3.18 bits per heavy atom. The molecular weight excluding hydrogens is 142 g/mol. The number of amides is 1. The Kier molecular flexibility index (Phi) is 1.21. The number of nitrogens with zero attached hydrogens (tertiary/aromatic N) is 3. The fourth-order valence-corrected chi connectivity index (χ4v) is 1.42. The van der Waals surface area contributed by atoms with Crippen molar-refractivity contribution in [1.29, 1.82) is 0 Å². The van der Waals surface area contributed by atoms with Crippen LogP contribution in [0.5, 0.6) is 0 Å². The van der Waals surface area contributed by atoms with Gasteiger partial charge in [0.2, 0.25) is 6.41 Å². The lowest BCUT2D eigenvalue weighted by Gasteiger charge is -2.06. The van der Waals surface area contributed by atoms with Gasteiger partial charge < -0.3 is 0 Å². The molecule has 0 aromatic carbocycles. The third-order valence-corrected chi connectivity index (χ3v) is 1.94. The fourth-order valence-electron chi connectivity index (χ4n) is 1.42. The van der Waals surface area contributed by atoms with Crippen LogP contribution in [0.1, 0.15) is 5.56 Å². The molecule has 0 atom stereocenters. The number of aromatic nitrogens is 2. The molecule has 1 aliphatic heterocycles. The molecule has 2 rings (SSSR count). The van der Waals surface area contributed by atoms with Crippen LogP contribution in [0.25, 0.3) is 0 Å². The van der Waals surface area contributed by atoms with Gasteiger partial charge in [-0.3, -0.25) is 9.69 Å². The van der Waals surface area contributed by atoms with Gasteiger partial charge in [-0.2, -0.15) is 5.10 Å². The Morgan fingerprint density at radius 2 is 2.45 bits per heavy atom. The molecule has 0 radical (unpaired) electrons. The Balaban J connectivity index is 2.50. The maximum atomic E-state index is 10.5. The van der Waals surface area contributed by atoms with Crippen molar-refractivity contribution in [2.24, 2.45) is 0 Å². The van der Waals surface area contributed by atoms with Crippen LogP contribution in [-0.2, 0) is 11.3 Å². The molecule has 4 heteroatoms. The first-order valence-electron chi connectivity index (χ1n) is 3.57. The van der Waals surface area contributed by atoms with E-state index >= 15 is 0 Å². The predicted octanol–water partition coefficient (Wildman–Crippen LogP) is 0.168. The van der Waals surface area contributed by atoms with Gasteiger partial charge in [-0.25, -0.2) is 4.68 Å². The van der Waals surface area contributed by atoms with Gasteiger partial charge in [0.1, 0.15) is 5.82 Å². The second-order valence-corrected chi connectivity index (χ2v) is 2.67. The van der Waals surface area contributed by atoms with E-state index < -0.39 is 0 Å². The molecule has 0 unspecified atom stereocenters. The molecule has 1 amide bonds. The minimum Gasteiger partial charge on any atom is -0.298 e. The number of hydrogen-bond donors (Lipinski definition) is 0. The van der Waals surface area contributed by atoms with Crippen molar-refractivity contribution in [1.82, 2.24) is 9.78 Å². The molecule has 4 nitrogen and oxygen atoms in total. The molecule has 0 saturated carbocycles. The van der Waals surface area contributed by atoms with Crippen molar-refractivity contribution in [3.05, 3.63) is 11.8 Å². The zero-order valence-corrected chi connectivity index (χ0v) is 6.32. The van der Waals surface area contributed by atoms with E-state index in [0.29, 0.717) is 0 Å². The fraction of sp³-hybridized carbons (Fsp3) is 0.429. The van der Waals surface area contributed by atoms with Crippen LogP contribution < -0.4 is 4.90 Å². The molecule has 0 fully saturated rings. The summed E-state index contributed by atoms with van der Waals surface area (Å²) in [4.78, 5) is 12.2. The summed E-state index contributed by atoms with van der Waals surface area (Å²) in [6.45, 7) is 3.54. The van der Waals surface area contributed by atoms with Crippen LogP contribution >= 0.6 is 0 Å². The summed E-state index contributed by atoms with van der Waals surface area (Å²) in [7, 11) is 0. The van der Waals surface area contributed by atoms with E-state index in [0.717, 1.165) is 30.9 Å². The molecule has 0 spiro atoms. The summed E-state index contributed by atoms with van der Waals surface area (Å²) < 4.78 is 1.85. The third kappa shape index (κ3) is 0.753. The molecule has 0 bridgehead atoms. The highest BCUT2D eigenvalue weighted by atomic mass is 16.1. The van der Waals surface area contributed by atoms with Gasteiger partial charge in [-0.05, 0) is 6.92 Å². The molecule has 0 aliphatic carbocycles. The topological polar surface area (TPSA) is 38.1 Å². The smallest absolute Gasteiger partial charge is 0.215 e. The molecule has 0 N–H and O–H groups in total. The second-order valence-electron chi connectivity index (χ2n) is 2.67. The van der Waals surface area contributed by atoms with E-state index in [4.69, 9.17) is 0 Å². The number of hydrogen-bond acceptors (Lipinski definition) is 2. The van der Waals surface area contributed by atoms with Gasteiger partial charge in [-0.15, -0.1) is 0 Å². The average molecular weight is 151 g/mol. The van der Waals surface area contributed by atoms with Gasteiger partial charge in [0.05, 0.1) is 12.7 Å². The maximum absolute atomic E-state index is 10.5. The zero-order chi connectivity index (χ0) is 7.84. The van der Waals surface area contributed by atoms with Crippen LogP contribution in [0.3, 0.4) is 0 Å². The van der Waals surface area contributed by atoms with Crippen molar-refractivity contribution in [2.45, 2.75) is 13.5 Å². The average Bonchev–Trinajstić information content (AvgIpc) is 2.54. The summed E-state index contributed by atoms with van der Waals surface area (Å²) in [5, 5.41) is 4.11. The Bertz CT molecular complexity index is 292. The quantitative estimate of drug-likeness (QED) is 0.536. The van der Waals surface area contributed by atoms with Crippen LogP contribution in [0, 0.1) is 6.92 Å². The Hall–Kier alpha value is -1.32. The molecule has 1 aromatic heterocycles. The summed E-state index contributed by atoms with van der Waals surface area (Å²) in [5.41, 5.74) is 1.06. The van der Waals surface area contributed by atoms with Crippen LogP contribution in [0.4, 0.5) is 5.82 Å². The van der Waals surface area contributed by atoms with Gasteiger partial charge in [-0.1, -0.05) is 0 Å². The molecule has 1 aliphatic rings. The molecule has 58 valence electrons. The van der Waals surface area contributed by atoms with E-state index in [-0.39, 0.29) is 0 Å². The van der Waals surface area contributed by atoms with Crippen LogP contribution in [0.2, 0.25) is 0 Å². The number of aryl methyl sites for hydroxylation is 1. The lowest BCUT2D eigenvalue weighted by atomic mass is 10.4. The number of carbonyl (C=O) groups is 1. The predicted molar refractivity (Wildman–Crippen MR) is 40.4 cm³/mol. The van der Waals surface area contributed by atoms with Crippen molar-refractivity contribution >= 4 is 12.2 Å². The molecule has 11 heavy (non-hydrogen) atoms. The van der Waals surface area contributed by atoms with Gasteiger partial charge >= 0.3 is 0 Å². The first-order valence-corrected chi connectivity index (χ1v) is 3.57. The highest BCUT2D eigenvalue weighted by Gasteiger charge is 2.20. The molecule has 2 heterocycles. The lowest BCUT2D eigenvalue weighted by Crippen LogP contribution is -2.17. The maximum Gasteiger partial charge on any atom is 0.215 e. The molecule has 1 aromatic rings. The standard InChI is InChI=1S/C7H9N3O/c1-6-4-8-10-3-2-9(5-11)7(6)10/h4-5H,2-3H2,1H3. The van der Waals surface area contributed by atoms with Crippen molar-refractivity contribution < 1.29 is 4.79 Å². The summed E-state index contributed by atoms with van der Waals surface area (Å²) in [5.74, 6) is 0.944. The van der Waals surface area contributed by atoms with E-state index in [1.165, 1.54) is 0 Å². The largest absolute Gasteiger partial charge is 0.298 e. The molecule has 0 saturated heterocycles. The monoisotopic (exact) mass is 151 g/mol. The van der Waals surface area contributed by atoms with E-state index in [1.807, 2.05) is 11.6 Å². The van der Waals surface area contributed by atoms with E-state index in [1.54, 1.807) is 11.1 Å². The van der Waals surface area contributed by atoms with E-state index in [9.17, 15) is 4.79 Å². The second kappa shape index (κ2) is 2.08. The van der Waals surface area contributed by atoms with Crippen molar-refractivity contribution in [3.8, 4) is 0 Å². The third-order valence-electron chi connectivity index (χ3n) is 1.94. The van der Waals surface area contributed by atoms with Gasteiger partial charge in [0, 0.05) is 12.1 Å². The van der Waals surface area contributed by atoms with Gasteiger partial charge in [0.25, 0.3) is 0 Å². The molecular formula is C7H9N3O. The summed E-state index contributed by atoms with van der Waals surface area (Å²) >= 11 is 0. The lowest BCUT2D eigenvalue weighted by molar-refractivity contribution is -0.107. The first-order chi connectivity index (χ1) is 5.33. The first kappa shape index (κ1) is 6.39. The highest BCUT2D eigenvalue weighted by Crippen LogP contribution is 2.22. The van der Waals surface area contributed by atoms with E-state index in [2.05, 4.69) is 5.10 Å². The SMILES string of the molecule is Cc1cnn2c1N(C=O)CC2. The minimum atomic E-state index is 0.757. The van der Waals surface area contributed by atoms with Crippen LogP contribution in [0.15, 0.2) is 6.20 Å². The highest BCUT2D eigenvalue weighted by molar-refractivity contribution is 5.75. The Labute approximate surface area is 64.4 Å². The summed E-state index contributed by atoms with van der Waals surface area (Å²) in [6, 6.07) is 0. The zero-order valence-electron chi connectivity index (χ0n) is 6.32. The minimum absolute atomic E-state index is 0.757.